The van der Waals surface area contributed by atoms with E-state index in [4.69, 9.17) is 5.73 Å². The molecule has 2 aromatic carbocycles. The molecule has 2 aromatic heterocycles. The van der Waals surface area contributed by atoms with Gasteiger partial charge in [-0.25, -0.2) is 27.6 Å². The van der Waals surface area contributed by atoms with Crippen molar-refractivity contribution in [2.75, 3.05) is 5.73 Å². The van der Waals surface area contributed by atoms with Gasteiger partial charge in [0.05, 0.1) is 23.1 Å². The van der Waals surface area contributed by atoms with Crippen molar-refractivity contribution in [3.8, 4) is 0 Å². The number of hydrogen-bond donors (Lipinski definition) is 1. The number of nitrogen functional groups attached to an aromatic ring is 1. The van der Waals surface area contributed by atoms with Gasteiger partial charge in [-0.05, 0) is 30.3 Å². The molecule has 0 saturated heterocycles. The Bertz CT molecular complexity index is 1270. The molecule has 0 amide bonds. The number of hydrogen-bond acceptors (Lipinski definition) is 4. The van der Waals surface area contributed by atoms with Crippen molar-refractivity contribution < 1.29 is 22.0 Å². The average molecular weight is 395 g/mol. The molecule has 0 saturated carbocycles. The molecule has 2 heterocycles. The Morgan fingerprint density at radius 1 is 1.07 bits per heavy atom. The number of rotatable bonds is 2. The molecule has 28 heavy (non-hydrogen) atoms. The maximum atomic E-state index is 13.9. The molecule has 6 nitrogen and oxygen atoms in total. The van der Waals surface area contributed by atoms with Crippen molar-refractivity contribution in [1.82, 2.24) is 19.2 Å². The van der Waals surface area contributed by atoms with Crippen molar-refractivity contribution in [3.63, 3.8) is 0 Å². The predicted octanol–water partition coefficient (Wildman–Crippen LogP) is 2.97. The zero-order valence-electron chi connectivity index (χ0n) is 13.8. The predicted molar refractivity (Wildman–Crippen MR) is 89.6 cm³/mol. The van der Waals surface area contributed by atoms with Crippen LogP contribution in [0.3, 0.4) is 0 Å². The van der Waals surface area contributed by atoms with Crippen LogP contribution >= 0.6 is 0 Å². The summed E-state index contributed by atoms with van der Waals surface area (Å²) in [5, 5.41) is 3.90. The van der Waals surface area contributed by atoms with Crippen molar-refractivity contribution in [3.05, 3.63) is 69.6 Å². The summed E-state index contributed by atoms with van der Waals surface area (Å²) in [6.45, 7) is -0.571. The van der Waals surface area contributed by atoms with Crippen LogP contribution in [0.5, 0.6) is 0 Å². The molecule has 2 N–H and O–H groups in total. The second-order valence-electron chi connectivity index (χ2n) is 6.00. The van der Waals surface area contributed by atoms with Crippen LogP contribution in [0.25, 0.3) is 16.7 Å². The molecule has 4 rings (SSSR count). The van der Waals surface area contributed by atoms with Gasteiger partial charge in [0, 0.05) is 5.56 Å². The van der Waals surface area contributed by atoms with Gasteiger partial charge in [0.1, 0.15) is 11.6 Å². The number of nitrogens with zero attached hydrogens (tertiary/aromatic N) is 4. The zero-order chi connectivity index (χ0) is 20.2. The molecule has 0 aliphatic rings. The highest BCUT2D eigenvalue weighted by Crippen LogP contribution is 2.31. The Morgan fingerprint density at radius 3 is 2.39 bits per heavy atom. The normalized spacial score (nSPS) is 12.2. The minimum atomic E-state index is -4.64. The van der Waals surface area contributed by atoms with Crippen molar-refractivity contribution in [2.45, 2.75) is 12.7 Å². The van der Waals surface area contributed by atoms with Crippen LogP contribution in [0.4, 0.5) is 27.8 Å². The Morgan fingerprint density at radius 2 is 1.75 bits per heavy atom. The Hall–Kier alpha value is -3.50. The quantitative estimate of drug-likeness (QED) is 0.530. The van der Waals surface area contributed by atoms with E-state index in [1.165, 1.54) is 0 Å². The molecule has 4 aromatic rings. The number of anilines is 1. The van der Waals surface area contributed by atoms with Crippen LogP contribution < -0.4 is 11.4 Å². The summed E-state index contributed by atoms with van der Waals surface area (Å²) in [6, 6.07) is 5.82. The molecule has 0 bridgehead atoms. The summed E-state index contributed by atoms with van der Waals surface area (Å²) >= 11 is 0. The lowest BCUT2D eigenvalue weighted by Crippen LogP contribution is -2.23. The standard InChI is InChI=1S/C17H10F5N5O/c18-10-2-1-3-11(19)9(10)7-26-16(28)27-13-6-8(17(20,21)22)4-5-12(13)24-14(23)15(27)25-26/h1-6H,7H2,(H2,23,24). The second-order valence-corrected chi connectivity index (χ2v) is 6.00. The third-order valence-electron chi connectivity index (χ3n) is 4.22. The van der Waals surface area contributed by atoms with Crippen molar-refractivity contribution >= 4 is 22.5 Å². The van der Waals surface area contributed by atoms with Crippen LogP contribution in [-0.4, -0.2) is 19.2 Å². The lowest BCUT2D eigenvalue weighted by molar-refractivity contribution is -0.137. The van der Waals surface area contributed by atoms with E-state index in [0.29, 0.717) is 4.68 Å². The third-order valence-corrected chi connectivity index (χ3v) is 4.22. The SMILES string of the molecule is Nc1nc2ccc(C(F)(F)F)cc2n2c(=O)n(Cc3c(F)cccc3F)nc12. The molecule has 0 fully saturated rings. The fourth-order valence-corrected chi connectivity index (χ4v) is 2.88. The van der Waals surface area contributed by atoms with E-state index in [0.717, 1.165) is 40.8 Å². The fourth-order valence-electron chi connectivity index (χ4n) is 2.88. The van der Waals surface area contributed by atoms with Gasteiger partial charge in [-0.3, -0.25) is 0 Å². The first kappa shape index (κ1) is 17.9. The van der Waals surface area contributed by atoms with Gasteiger partial charge in [0.15, 0.2) is 5.82 Å². The van der Waals surface area contributed by atoms with Crippen LogP contribution in [-0.2, 0) is 12.7 Å². The van der Waals surface area contributed by atoms with Gasteiger partial charge >= 0.3 is 11.9 Å². The summed E-state index contributed by atoms with van der Waals surface area (Å²) in [4.78, 5) is 16.7. The summed E-state index contributed by atoms with van der Waals surface area (Å²) < 4.78 is 68.5. The van der Waals surface area contributed by atoms with Gasteiger partial charge < -0.3 is 5.73 Å². The summed E-state index contributed by atoms with van der Waals surface area (Å²) in [5.74, 6) is -1.99. The first-order valence-electron chi connectivity index (χ1n) is 7.85. The first-order chi connectivity index (χ1) is 13.2. The highest BCUT2D eigenvalue weighted by Gasteiger charge is 2.31. The van der Waals surface area contributed by atoms with Gasteiger partial charge in [-0.1, -0.05) is 6.07 Å². The summed E-state index contributed by atoms with van der Waals surface area (Å²) in [5.41, 5.74) is 3.10. The summed E-state index contributed by atoms with van der Waals surface area (Å²) in [7, 11) is 0. The van der Waals surface area contributed by atoms with E-state index in [1.807, 2.05) is 0 Å². The van der Waals surface area contributed by atoms with E-state index in [1.54, 1.807) is 0 Å². The minimum Gasteiger partial charge on any atom is -0.381 e. The van der Waals surface area contributed by atoms with Crippen molar-refractivity contribution in [2.24, 2.45) is 0 Å². The van der Waals surface area contributed by atoms with Crippen LogP contribution in [0, 0.1) is 11.6 Å². The van der Waals surface area contributed by atoms with Crippen molar-refractivity contribution in [1.29, 1.82) is 0 Å². The second kappa shape index (κ2) is 6.01. The molecule has 0 radical (unpaired) electrons. The maximum absolute atomic E-state index is 13.9. The lowest BCUT2D eigenvalue weighted by atomic mass is 10.2. The fraction of sp³-hybridized carbons (Fsp3) is 0.118. The molecule has 0 aliphatic heterocycles. The largest absolute Gasteiger partial charge is 0.416 e. The smallest absolute Gasteiger partial charge is 0.381 e. The topological polar surface area (TPSA) is 78.2 Å². The number of aromatic nitrogens is 4. The first-order valence-corrected chi connectivity index (χ1v) is 7.85. The zero-order valence-corrected chi connectivity index (χ0v) is 13.8. The monoisotopic (exact) mass is 395 g/mol. The molecule has 0 unspecified atom stereocenters. The molecular formula is C17H10F5N5O. The van der Waals surface area contributed by atoms with E-state index >= 15 is 0 Å². The Kier molecular flexibility index (Phi) is 3.84. The minimum absolute atomic E-state index is 0.0386. The number of benzene rings is 2. The summed E-state index contributed by atoms with van der Waals surface area (Å²) in [6.07, 6.45) is -4.64. The average Bonchev–Trinajstić information content (AvgIpc) is 2.95. The maximum Gasteiger partial charge on any atom is 0.416 e. The molecule has 11 heteroatoms. The Labute approximate surface area is 152 Å². The number of alkyl halides is 3. The van der Waals surface area contributed by atoms with E-state index in [-0.39, 0.29) is 22.5 Å². The van der Waals surface area contributed by atoms with Gasteiger partial charge in [0.25, 0.3) is 0 Å². The highest BCUT2D eigenvalue weighted by atomic mass is 19.4. The Balaban J connectivity index is 1.98. The molecular weight excluding hydrogens is 385 g/mol. The van der Waals surface area contributed by atoms with Crippen LogP contribution in [0.2, 0.25) is 0 Å². The molecule has 0 spiro atoms. The number of fused-ring (bicyclic) bond motifs is 3. The molecule has 0 aliphatic carbocycles. The number of nitrogens with two attached hydrogens (primary N) is 1. The third kappa shape index (κ3) is 2.75. The molecule has 0 atom stereocenters. The number of halogens is 5. The van der Waals surface area contributed by atoms with Gasteiger partial charge in [0.2, 0.25) is 5.65 Å². The lowest BCUT2D eigenvalue weighted by Gasteiger charge is -2.08. The van der Waals surface area contributed by atoms with E-state index in [2.05, 4.69) is 10.1 Å². The highest BCUT2D eigenvalue weighted by molar-refractivity contribution is 5.82. The van der Waals surface area contributed by atoms with Crippen LogP contribution in [0.15, 0.2) is 41.2 Å². The van der Waals surface area contributed by atoms with E-state index in [9.17, 15) is 26.7 Å². The van der Waals surface area contributed by atoms with Crippen LogP contribution in [0.1, 0.15) is 11.1 Å². The molecule has 144 valence electrons. The van der Waals surface area contributed by atoms with Gasteiger partial charge in [-0.2, -0.15) is 13.2 Å². The van der Waals surface area contributed by atoms with E-state index < -0.39 is 41.2 Å². The van der Waals surface area contributed by atoms with Gasteiger partial charge in [-0.15, -0.1) is 5.10 Å².